The fourth-order valence-electron chi connectivity index (χ4n) is 2.21. The first-order chi connectivity index (χ1) is 12.0. The number of hydrogen-bond acceptors (Lipinski definition) is 3. The van der Waals surface area contributed by atoms with E-state index >= 15 is 0 Å². The smallest absolute Gasteiger partial charge is 0.319 e. The highest BCUT2D eigenvalue weighted by Crippen LogP contribution is 2.13. The van der Waals surface area contributed by atoms with Crippen LogP contribution in [0.4, 0.5) is 13.6 Å². The molecule has 0 bridgehead atoms. The van der Waals surface area contributed by atoms with Gasteiger partial charge in [0.05, 0.1) is 13.2 Å². The van der Waals surface area contributed by atoms with E-state index in [9.17, 15) is 13.6 Å². The summed E-state index contributed by atoms with van der Waals surface area (Å²) in [5.74, 6) is 0.132. The Morgan fingerprint density at radius 1 is 1.32 bits per heavy atom. The number of carbonyl (C=O) groups is 1. The molecule has 25 heavy (non-hydrogen) atoms. The number of amides is 2. The molecule has 2 amide bonds. The minimum absolute atomic E-state index is 0.00350. The van der Waals surface area contributed by atoms with Crippen LogP contribution in [0.2, 0.25) is 0 Å². The molecule has 1 heterocycles. The summed E-state index contributed by atoms with van der Waals surface area (Å²) in [5.41, 5.74) is 2.00. The lowest BCUT2D eigenvalue weighted by Gasteiger charge is -2.18. The van der Waals surface area contributed by atoms with Gasteiger partial charge in [-0.1, -0.05) is 24.3 Å². The lowest BCUT2D eigenvalue weighted by Crippen LogP contribution is -2.37. The van der Waals surface area contributed by atoms with Gasteiger partial charge in [0.25, 0.3) is 0 Å². The van der Waals surface area contributed by atoms with E-state index in [0.29, 0.717) is 19.8 Å². The minimum atomic E-state index is -2.68. The van der Waals surface area contributed by atoms with Gasteiger partial charge >= 0.3 is 12.6 Å². The Morgan fingerprint density at radius 2 is 2.00 bits per heavy atom. The number of urea groups is 1. The van der Waals surface area contributed by atoms with Crippen molar-refractivity contribution in [2.75, 3.05) is 13.7 Å². The first kappa shape index (κ1) is 18.9. The number of halogens is 2. The minimum Gasteiger partial charge on any atom is -0.377 e. The number of benzene rings is 1. The first-order valence-corrected chi connectivity index (χ1v) is 7.95. The van der Waals surface area contributed by atoms with Crippen LogP contribution in [0, 0.1) is 0 Å². The Morgan fingerprint density at radius 3 is 2.64 bits per heavy atom. The van der Waals surface area contributed by atoms with Gasteiger partial charge in [-0.25, -0.2) is 9.78 Å². The number of carbonyl (C=O) groups excluding carboxylic acids is 1. The number of imidazole rings is 1. The zero-order chi connectivity index (χ0) is 18.2. The van der Waals surface area contributed by atoms with Crippen molar-refractivity contribution in [2.24, 2.45) is 0 Å². The van der Waals surface area contributed by atoms with Gasteiger partial charge in [-0.2, -0.15) is 8.78 Å². The number of nitrogens with one attached hydrogen (secondary N) is 1. The largest absolute Gasteiger partial charge is 0.377 e. The first-order valence-electron chi connectivity index (χ1n) is 7.95. The van der Waals surface area contributed by atoms with E-state index in [0.717, 1.165) is 15.7 Å². The molecule has 6 nitrogen and oxygen atoms in total. The Balaban J connectivity index is 1.83. The summed E-state index contributed by atoms with van der Waals surface area (Å²) in [6, 6.07) is 7.36. The van der Waals surface area contributed by atoms with Gasteiger partial charge in [-0.05, 0) is 18.1 Å². The quantitative estimate of drug-likeness (QED) is 0.794. The van der Waals surface area contributed by atoms with E-state index in [1.54, 1.807) is 0 Å². The maximum Gasteiger partial charge on any atom is 0.319 e. The second-order valence-corrected chi connectivity index (χ2v) is 5.50. The maximum atomic E-state index is 12.8. The summed E-state index contributed by atoms with van der Waals surface area (Å²) >= 11 is 0. The summed E-state index contributed by atoms with van der Waals surface area (Å²) in [6.45, 7) is 0.826. The summed E-state index contributed by atoms with van der Waals surface area (Å²) in [7, 11) is 1.53. The van der Waals surface area contributed by atoms with Gasteiger partial charge in [0.1, 0.15) is 5.82 Å². The zero-order valence-electron chi connectivity index (χ0n) is 14.3. The molecule has 0 radical (unpaired) electrons. The number of hydrogen-bond donors (Lipinski definition) is 1. The zero-order valence-corrected chi connectivity index (χ0v) is 14.3. The molecule has 1 aromatic carbocycles. The fraction of sp³-hybridized carbons (Fsp3) is 0.412. The van der Waals surface area contributed by atoms with Crippen molar-refractivity contribution in [3.8, 4) is 0 Å². The Labute approximate surface area is 145 Å². The van der Waals surface area contributed by atoms with Crippen molar-refractivity contribution in [1.29, 1.82) is 0 Å². The standard InChI is InChI=1S/C17H22F2N4O2/c1-3-25-12-14-6-4-13(5-7-14)10-21-17(24)22(2)11-15-20-8-9-23(15)16(18)19/h4-9,16H,3,10-12H2,1-2H3,(H,21,24). The SMILES string of the molecule is CCOCc1ccc(CNC(=O)N(C)Cc2nccn2C(F)F)cc1. The molecule has 0 fully saturated rings. The molecule has 1 aromatic heterocycles. The summed E-state index contributed by atoms with van der Waals surface area (Å²) < 4.78 is 31.6. The number of alkyl halides is 2. The van der Waals surface area contributed by atoms with E-state index < -0.39 is 6.55 Å². The van der Waals surface area contributed by atoms with Gasteiger partial charge in [0, 0.05) is 32.6 Å². The van der Waals surface area contributed by atoms with Crippen LogP contribution in [0.1, 0.15) is 30.4 Å². The van der Waals surface area contributed by atoms with Crippen LogP contribution in [0.3, 0.4) is 0 Å². The number of nitrogens with zero attached hydrogens (tertiary/aromatic N) is 3. The Hall–Kier alpha value is -2.48. The van der Waals surface area contributed by atoms with Crippen molar-refractivity contribution in [3.05, 3.63) is 53.6 Å². The number of aromatic nitrogens is 2. The summed E-state index contributed by atoms with van der Waals surface area (Å²) in [6.07, 6.45) is 2.48. The van der Waals surface area contributed by atoms with Gasteiger partial charge < -0.3 is 15.0 Å². The van der Waals surface area contributed by atoms with Crippen LogP contribution in [-0.2, 0) is 24.4 Å². The van der Waals surface area contributed by atoms with Gasteiger partial charge in [0.2, 0.25) is 0 Å². The van der Waals surface area contributed by atoms with Gasteiger partial charge in [-0.15, -0.1) is 0 Å². The van der Waals surface area contributed by atoms with E-state index in [1.165, 1.54) is 24.3 Å². The molecule has 0 aliphatic carbocycles. The average Bonchev–Trinajstić information content (AvgIpc) is 3.07. The van der Waals surface area contributed by atoms with Crippen LogP contribution >= 0.6 is 0 Å². The monoisotopic (exact) mass is 352 g/mol. The molecular formula is C17H22F2N4O2. The average molecular weight is 352 g/mol. The van der Waals surface area contributed by atoms with Crippen molar-refractivity contribution >= 4 is 6.03 Å². The van der Waals surface area contributed by atoms with E-state index in [4.69, 9.17) is 4.74 Å². The number of rotatable bonds is 8. The van der Waals surface area contributed by atoms with E-state index in [-0.39, 0.29) is 18.4 Å². The topological polar surface area (TPSA) is 59.4 Å². The van der Waals surface area contributed by atoms with Crippen LogP contribution < -0.4 is 5.32 Å². The highest BCUT2D eigenvalue weighted by atomic mass is 19.3. The molecule has 0 atom stereocenters. The molecule has 2 rings (SSSR count). The highest BCUT2D eigenvalue weighted by Gasteiger charge is 2.15. The summed E-state index contributed by atoms with van der Waals surface area (Å²) in [5, 5.41) is 2.75. The van der Waals surface area contributed by atoms with Crippen LogP contribution in [0.25, 0.3) is 0 Å². The molecule has 8 heteroatoms. The molecule has 0 saturated carbocycles. The van der Waals surface area contributed by atoms with E-state index in [1.807, 2.05) is 31.2 Å². The van der Waals surface area contributed by atoms with Crippen molar-refractivity contribution in [3.63, 3.8) is 0 Å². The molecule has 136 valence electrons. The summed E-state index contributed by atoms with van der Waals surface area (Å²) in [4.78, 5) is 17.3. The molecule has 0 aliphatic heterocycles. The fourth-order valence-corrected chi connectivity index (χ4v) is 2.21. The maximum absolute atomic E-state index is 12.8. The lowest BCUT2D eigenvalue weighted by molar-refractivity contribution is 0.0651. The van der Waals surface area contributed by atoms with Crippen molar-refractivity contribution < 1.29 is 18.3 Å². The van der Waals surface area contributed by atoms with Crippen LogP contribution in [-0.4, -0.2) is 34.1 Å². The third kappa shape index (κ3) is 5.53. The van der Waals surface area contributed by atoms with Gasteiger partial charge in [-0.3, -0.25) is 4.57 Å². The second-order valence-electron chi connectivity index (χ2n) is 5.50. The highest BCUT2D eigenvalue weighted by molar-refractivity contribution is 5.73. The molecule has 0 aliphatic rings. The molecule has 2 aromatic rings. The predicted molar refractivity (Wildman–Crippen MR) is 89.0 cm³/mol. The molecule has 0 unspecified atom stereocenters. The second kappa shape index (κ2) is 9.12. The lowest BCUT2D eigenvalue weighted by atomic mass is 10.1. The molecular weight excluding hydrogens is 330 g/mol. The Kier molecular flexibility index (Phi) is 6.88. The van der Waals surface area contributed by atoms with Crippen LogP contribution in [0.5, 0.6) is 0 Å². The third-order valence-corrected chi connectivity index (χ3v) is 3.62. The Bertz CT molecular complexity index is 674. The molecule has 1 N–H and O–H groups in total. The molecule has 0 spiro atoms. The normalized spacial score (nSPS) is 10.9. The third-order valence-electron chi connectivity index (χ3n) is 3.62. The predicted octanol–water partition coefficient (Wildman–Crippen LogP) is 3.16. The number of ether oxygens (including phenoxy) is 1. The van der Waals surface area contributed by atoms with Crippen LogP contribution in [0.15, 0.2) is 36.7 Å². The van der Waals surface area contributed by atoms with Crippen molar-refractivity contribution in [1.82, 2.24) is 19.8 Å². The van der Waals surface area contributed by atoms with Crippen molar-refractivity contribution in [2.45, 2.75) is 33.2 Å². The van der Waals surface area contributed by atoms with E-state index in [2.05, 4.69) is 10.3 Å². The molecule has 0 saturated heterocycles. The van der Waals surface area contributed by atoms with Gasteiger partial charge in [0.15, 0.2) is 0 Å².